The highest BCUT2D eigenvalue weighted by molar-refractivity contribution is 7.14. The topological polar surface area (TPSA) is 132 Å². The second-order valence-corrected chi connectivity index (χ2v) is 12.7. The second kappa shape index (κ2) is 11.8. The number of ether oxygens (including phenoxy) is 2. The van der Waals surface area contributed by atoms with Gasteiger partial charge in [-0.15, -0.1) is 11.3 Å². The third-order valence-corrected chi connectivity index (χ3v) is 7.08. The van der Waals surface area contributed by atoms with E-state index in [-0.39, 0.29) is 28.6 Å². The number of fused-ring (bicyclic) bond motifs is 1. The van der Waals surface area contributed by atoms with Crippen molar-refractivity contribution in [2.75, 3.05) is 23.3 Å². The van der Waals surface area contributed by atoms with Crippen molar-refractivity contribution in [3.8, 4) is 0 Å². The Bertz CT molecular complexity index is 1550. The summed E-state index contributed by atoms with van der Waals surface area (Å²) in [6.45, 7) is 12.7. The van der Waals surface area contributed by atoms with Gasteiger partial charge in [0, 0.05) is 35.2 Å². The first kappa shape index (κ1) is 29.9. The number of pyridine rings is 1. The first-order chi connectivity index (χ1) is 19.2. The van der Waals surface area contributed by atoms with Gasteiger partial charge in [-0.3, -0.25) is 24.1 Å². The number of aromatic nitrogens is 3. The Hall–Kier alpha value is -4.06. The lowest BCUT2D eigenvalue weighted by Gasteiger charge is -2.33. The molecule has 3 aromatic heterocycles. The van der Waals surface area contributed by atoms with Gasteiger partial charge in [-0.25, -0.2) is 14.8 Å². The lowest BCUT2D eigenvalue weighted by molar-refractivity contribution is -0.148. The predicted octanol–water partition coefficient (Wildman–Crippen LogP) is 4.20. The van der Waals surface area contributed by atoms with E-state index in [0.717, 1.165) is 5.69 Å². The van der Waals surface area contributed by atoms with Gasteiger partial charge in [0.1, 0.15) is 23.2 Å². The molecule has 0 unspecified atom stereocenters. The van der Waals surface area contributed by atoms with E-state index in [1.807, 2.05) is 31.1 Å². The van der Waals surface area contributed by atoms with Gasteiger partial charge in [-0.1, -0.05) is 20.8 Å². The van der Waals surface area contributed by atoms with Crippen LogP contribution in [-0.2, 0) is 24.5 Å². The largest absolute Gasteiger partial charge is 0.463 e. The van der Waals surface area contributed by atoms with Crippen molar-refractivity contribution in [2.45, 2.75) is 71.5 Å². The molecule has 218 valence electrons. The molecule has 1 fully saturated rings. The summed E-state index contributed by atoms with van der Waals surface area (Å²) in [4.78, 5) is 61.2. The number of amides is 1. The minimum absolute atomic E-state index is 0.149. The Morgan fingerprint density at radius 3 is 2.59 bits per heavy atom. The molecule has 0 spiro atoms. The number of carbonyl (C=O) groups is 3. The molecule has 3 aromatic rings. The molecule has 12 heteroatoms. The lowest BCUT2D eigenvalue weighted by Crippen LogP contribution is -2.41. The maximum absolute atomic E-state index is 13.7. The fraction of sp³-hybridized carbons (Fsp3) is 0.448. The first-order valence-corrected chi connectivity index (χ1v) is 14.2. The Morgan fingerprint density at radius 1 is 1.17 bits per heavy atom. The van der Waals surface area contributed by atoms with E-state index < -0.39 is 17.1 Å². The fourth-order valence-corrected chi connectivity index (χ4v) is 5.25. The number of hydrogen-bond acceptors (Lipinski definition) is 10. The van der Waals surface area contributed by atoms with Crippen LogP contribution in [0.4, 0.5) is 10.9 Å². The monoisotopic (exact) mass is 581 g/mol. The van der Waals surface area contributed by atoms with Gasteiger partial charge >= 0.3 is 5.97 Å². The van der Waals surface area contributed by atoms with Gasteiger partial charge in [-0.2, -0.15) is 0 Å². The molecule has 4 rings (SSSR count). The van der Waals surface area contributed by atoms with Gasteiger partial charge in [0.05, 0.1) is 17.8 Å². The maximum Gasteiger partial charge on any atom is 0.331 e. The van der Waals surface area contributed by atoms with Crippen LogP contribution >= 0.6 is 11.3 Å². The number of thiazole rings is 1. The number of piperidine rings is 1. The molecule has 4 heterocycles. The lowest BCUT2D eigenvalue weighted by atomic mass is 9.93. The van der Waals surface area contributed by atoms with Crippen molar-refractivity contribution in [1.82, 2.24) is 14.4 Å². The summed E-state index contributed by atoms with van der Waals surface area (Å²) >= 11 is 1.34. The number of rotatable bonds is 7. The molecular weight excluding hydrogens is 546 g/mol. The van der Waals surface area contributed by atoms with Crippen molar-refractivity contribution in [1.29, 1.82) is 0 Å². The van der Waals surface area contributed by atoms with Crippen molar-refractivity contribution >= 4 is 52.4 Å². The zero-order valence-electron chi connectivity index (χ0n) is 24.1. The first-order valence-electron chi connectivity index (χ1n) is 13.3. The van der Waals surface area contributed by atoms with Crippen LogP contribution in [0.5, 0.6) is 0 Å². The average molecular weight is 582 g/mol. The van der Waals surface area contributed by atoms with Gasteiger partial charge in [0.2, 0.25) is 0 Å². The molecule has 0 saturated carbocycles. The molecule has 1 aliphatic rings. The average Bonchev–Trinajstić information content (AvgIpc) is 3.36. The summed E-state index contributed by atoms with van der Waals surface area (Å²) in [6, 6.07) is 3.06. The van der Waals surface area contributed by atoms with E-state index in [2.05, 4.69) is 10.3 Å². The summed E-state index contributed by atoms with van der Waals surface area (Å²) in [5.41, 5.74) is 0.327. The molecular formula is C29H35N5O6S. The number of hydrogen-bond donors (Lipinski definition) is 1. The van der Waals surface area contributed by atoms with Crippen molar-refractivity contribution in [3.05, 3.63) is 57.0 Å². The maximum atomic E-state index is 13.7. The highest BCUT2D eigenvalue weighted by atomic mass is 32.1. The van der Waals surface area contributed by atoms with E-state index in [1.54, 1.807) is 20.8 Å². The SMILES string of the molecule is CC(C)(C)OC(=O)/C=C/c1c(N2CCC[C@H](OC=O)C2)nc2cc(C(=O)Nc3nc(C(C)(C)C)cs3)ccn2c1=O. The Kier molecular flexibility index (Phi) is 8.62. The third-order valence-electron chi connectivity index (χ3n) is 6.32. The normalized spacial score (nSPS) is 16.1. The van der Waals surface area contributed by atoms with E-state index in [1.165, 1.54) is 46.2 Å². The van der Waals surface area contributed by atoms with Crippen LogP contribution in [0.1, 0.15) is 76.0 Å². The second-order valence-electron chi connectivity index (χ2n) is 11.8. The minimum Gasteiger partial charge on any atom is -0.463 e. The molecule has 11 nitrogen and oxygen atoms in total. The number of esters is 1. The van der Waals surface area contributed by atoms with Crippen LogP contribution in [0.2, 0.25) is 0 Å². The molecule has 0 radical (unpaired) electrons. The van der Waals surface area contributed by atoms with Crippen LogP contribution in [0.3, 0.4) is 0 Å². The van der Waals surface area contributed by atoms with Gasteiger partial charge in [0.15, 0.2) is 5.13 Å². The van der Waals surface area contributed by atoms with Crippen molar-refractivity contribution < 1.29 is 23.9 Å². The zero-order valence-corrected chi connectivity index (χ0v) is 24.9. The number of carbonyl (C=O) groups excluding carboxylic acids is 3. The Labute approximate surface area is 242 Å². The van der Waals surface area contributed by atoms with Crippen LogP contribution in [0.25, 0.3) is 11.7 Å². The van der Waals surface area contributed by atoms with Gasteiger partial charge in [0.25, 0.3) is 17.9 Å². The fourth-order valence-electron chi connectivity index (χ4n) is 4.32. The van der Waals surface area contributed by atoms with Crippen LogP contribution < -0.4 is 15.8 Å². The molecule has 0 bridgehead atoms. The summed E-state index contributed by atoms with van der Waals surface area (Å²) in [7, 11) is 0. The minimum atomic E-state index is -0.697. The molecule has 41 heavy (non-hydrogen) atoms. The van der Waals surface area contributed by atoms with E-state index >= 15 is 0 Å². The zero-order chi connectivity index (χ0) is 29.9. The summed E-state index contributed by atoms with van der Waals surface area (Å²) in [6.07, 6.45) is 5.10. The molecule has 1 N–H and O–H groups in total. The summed E-state index contributed by atoms with van der Waals surface area (Å²) in [5.74, 6) is -0.664. The summed E-state index contributed by atoms with van der Waals surface area (Å²) < 4.78 is 11.9. The molecule has 0 aromatic carbocycles. The number of nitrogens with one attached hydrogen (secondary N) is 1. The summed E-state index contributed by atoms with van der Waals surface area (Å²) in [5, 5.41) is 5.21. The Balaban J connectivity index is 1.72. The molecule has 1 saturated heterocycles. The van der Waals surface area contributed by atoms with Gasteiger partial charge < -0.3 is 14.4 Å². The van der Waals surface area contributed by atoms with Gasteiger partial charge in [-0.05, 0) is 51.8 Å². The van der Waals surface area contributed by atoms with Crippen LogP contribution in [-0.4, -0.2) is 57.5 Å². The number of anilines is 2. The predicted molar refractivity (Wildman–Crippen MR) is 157 cm³/mol. The number of nitrogens with zero attached hydrogens (tertiary/aromatic N) is 4. The van der Waals surface area contributed by atoms with Crippen molar-refractivity contribution in [3.63, 3.8) is 0 Å². The highest BCUT2D eigenvalue weighted by Crippen LogP contribution is 2.27. The molecule has 1 amide bonds. The molecule has 1 aliphatic heterocycles. The highest BCUT2D eigenvalue weighted by Gasteiger charge is 2.26. The third kappa shape index (κ3) is 7.37. The van der Waals surface area contributed by atoms with Crippen LogP contribution in [0.15, 0.2) is 34.6 Å². The van der Waals surface area contributed by atoms with E-state index in [0.29, 0.717) is 48.9 Å². The van der Waals surface area contributed by atoms with E-state index in [9.17, 15) is 19.2 Å². The van der Waals surface area contributed by atoms with E-state index in [4.69, 9.17) is 14.5 Å². The standard InChI is InChI=1S/C29H35N5O6S/c1-28(2,3)21-16-41-27(30-21)32-25(37)18-11-13-34-22(14-18)31-24(33-12-7-8-19(15-33)39-17-35)20(26(34)38)9-10-23(36)40-29(4,5)6/h9-11,13-14,16-17,19H,7-8,12,15H2,1-6H3,(H,30,32,37)/b10-9+/t19-/m0/s1. The van der Waals surface area contributed by atoms with Crippen molar-refractivity contribution in [2.24, 2.45) is 0 Å². The van der Waals surface area contributed by atoms with Crippen LogP contribution in [0, 0.1) is 0 Å². The molecule has 0 aliphatic carbocycles. The molecule has 1 atom stereocenters. The smallest absolute Gasteiger partial charge is 0.331 e. The quantitative estimate of drug-likeness (QED) is 0.248. The Morgan fingerprint density at radius 2 is 1.93 bits per heavy atom.